The second kappa shape index (κ2) is 6.04. The van der Waals surface area contributed by atoms with Crippen molar-refractivity contribution in [1.82, 2.24) is 0 Å². The Balaban J connectivity index is 2.94. The number of aryl methyl sites for hydroxylation is 4. The van der Waals surface area contributed by atoms with Gasteiger partial charge in [0, 0.05) is 11.1 Å². The Labute approximate surface area is 133 Å². The monoisotopic (exact) mass is 298 g/mol. The van der Waals surface area contributed by atoms with Crippen LogP contribution in [-0.2, 0) is 12.8 Å². The van der Waals surface area contributed by atoms with Crippen LogP contribution in [0.1, 0.15) is 47.2 Å². The minimum atomic E-state index is 0.302. The highest BCUT2D eigenvalue weighted by Gasteiger charge is 2.21. The summed E-state index contributed by atoms with van der Waals surface area (Å²) >= 11 is 0. The van der Waals surface area contributed by atoms with Crippen LogP contribution in [0.2, 0.25) is 0 Å². The molecule has 0 aliphatic carbocycles. The van der Waals surface area contributed by atoms with E-state index in [4.69, 9.17) is 0 Å². The summed E-state index contributed by atoms with van der Waals surface area (Å²) in [6.07, 6.45) is 1.54. The Morgan fingerprint density at radius 1 is 0.682 bits per heavy atom. The van der Waals surface area contributed by atoms with Crippen LogP contribution >= 0.6 is 0 Å². The number of phenols is 2. The molecule has 0 aliphatic rings. The highest BCUT2D eigenvalue weighted by Crippen LogP contribution is 2.45. The van der Waals surface area contributed by atoms with Crippen molar-refractivity contribution in [3.8, 4) is 22.6 Å². The molecule has 0 aromatic heterocycles. The molecule has 0 fully saturated rings. The molecule has 2 N–H and O–H groups in total. The van der Waals surface area contributed by atoms with Crippen LogP contribution in [0.5, 0.6) is 11.5 Å². The Hall–Kier alpha value is -1.96. The lowest BCUT2D eigenvalue weighted by Gasteiger charge is -2.20. The van der Waals surface area contributed by atoms with E-state index in [9.17, 15) is 10.2 Å². The normalized spacial score (nSPS) is 11.0. The molecule has 22 heavy (non-hydrogen) atoms. The molecular formula is C20H26O2. The smallest absolute Gasteiger partial charge is 0.127 e. The number of hydrogen-bond acceptors (Lipinski definition) is 2. The second-order valence-corrected chi connectivity index (χ2v) is 6.11. The maximum absolute atomic E-state index is 10.7. The van der Waals surface area contributed by atoms with E-state index in [1.165, 1.54) is 0 Å². The SMILES string of the molecule is CCc1cc(C)c(C)c(-c2c(C)c(C)cc(CC)c2O)c1O. The van der Waals surface area contributed by atoms with Crippen LogP contribution in [0.3, 0.4) is 0 Å². The summed E-state index contributed by atoms with van der Waals surface area (Å²) in [6, 6.07) is 4.08. The quantitative estimate of drug-likeness (QED) is 0.825. The van der Waals surface area contributed by atoms with Crippen molar-refractivity contribution < 1.29 is 10.2 Å². The van der Waals surface area contributed by atoms with Crippen LogP contribution in [0.25, 0.3) is 11.1 Å². The molecule has 0 atom stereocenters. The van der Waals surface area contributed by atoms with Crippen molar-refractivity contribution in [2.24, 2.45) is 0 Å². The molecule has 0 saturated heterocycles. The first kappa shape index (κ1) is 16.4. The molecule has 2 nitrogen and oxygen atoms in total. The number of aromatic hydroxyl groups is 2. The number of phenolic OH excluding ortho intramolecular Hbond substituents is 2. The Bertz CT molecular complexity index is 664. The van der Waals surface area contributed by atoms with Gasteiger partial charge in [0.2, 0.25) is 0 Å². The van der Waals surface area contributed by atoms with Gasteiger partial charge in [-0.25, -0.2) is 0 Å². The van der Waals surface area contributed by atoms with E-state index in [2.05, 4.69) is 13.8 Å². The largest absolute Gasteiger partial charge is 0.507 e. The van der Waals surface area contributed by atoms with Gasteiger partial charge in [-0.3, -0.25) is 0 Å². The summed E-state index contributed by atoms with van der Waals surface area (Å²) in [5.41, 5.74) is 7.76. The molecule has 118 valence electrons. The van der Waals surface area contributed by atoms with E-state index in [1.807, 2.05) is 39.8 Å². The Kier molecular flexibility index (Phi) is 4.50. The van der Waals surface area contributed by atoms with Crippen LogP contribution in [-0.4, -0.2) is 10.2 Å². The predicted octanol–water partition coefficient (Wildman–Crippen LogP) is 5.12. The Morgan fingerprint density at radius 2 is 1.00 bits per heavy atom. The molecule has 0 amide bonds. The fraction of sp³-hybridized carbons (Fsp3) is 0.400. The first-order chi connectivity index (χ1) is 10.3. The van der Waals surface area contributed by atoms with E-state index in [-0.39, 0.29) is 0 Å². The fourth-order valence-corrected chi connectivity index (χ4v) is 3.10. The molecule has 0 aliphatic heterocycles. The molecule has 2 aromatic carbocycles. The van der Waals surface area contributed by atoms with Crippen LogP contribution < -0.4 is 0 Å². The van der Waals surface area contributed by atoms with Gasteiger partial charge in [-0.2, -0.15) is 0 Å². The zero-order chi connectivity index (χ0) is 16.6. The van der Waals surface area contributed by atoms with Gasteiger partial charge < -0.3 is 10.2 Å². The fourth-order valence-electron chi connectivity index (χ4n) is 3.10. The van der Waals surface area contributed by atoms with Crippen molar-refractivity contribution in [3.63, 3.8) is 0 Å². The lowest BCUT2D eigenvalue weighted by molar-refractivity contribution is 0.461. The van der Waals surface area contributed by atoms with E-state index in [0.717, 1.165) is 57.3 Å². The standard InChI is InChI=1S/C20H26O2/c1-7-15-9-11(3)13(5)17(19(15)21)18-14(6)12(4)10-16(8-2)20(18)22/h9-10,21-22H,7-8H2,1-6H3. The first-order valence-corrected chi connectivity index (χ1v) is 7.97. The summed E-state index contributed by atoms with van der Waals surface area (Å²) < 4.78 is 0. The average Bonchev–Trinajstić information content (AvgIpc) is 2.49. The number of benzene rings is 2. The summed E-state index contributed by atoms with van der Waals surface area (Å²) in [5, 5.41) is 21.5. The van der Waals surface area contributed by atoms with Crippen molar-refractivity contribution in [2.45, 2.75) is 54.4 Å². The topological polar surface area (TPSA) is 40.5 Å². The van der Waals surface area contributed by atoms with Gasteiger partial charge in [0.15, 0.2) is 0 Å². The summed E-state index contributed by atoms with van der Waals surface area (Å²) in [6.45, 7) is 12.2. The lowest BCUT2D eigenvalue weighted by Crippen LogP contribution is -1.99. The minimum absolute atomic E-state index is 0.302. The molecule has 0 unspecified atom stereocenters. The van der Waals surface area contributed by atoms with Gasteiger partial charge in [-0.1, -0.05) is 26.0 Å². The van der Waals surface area contributed by atoms with Crippen LogP contribution in [0.4, 0.5) is 0 Å². The van der Waals surface area contributed by atoms with Crippen LogP contribution in [0, 0.1) is 27.7 Å². The van der Waals surface area contributed by atoms with E-state index >= 15 is 0 Å². The van der Waals surface area contributed by atoms with Crippen molar-refractivity contribution in [3.05, 3.63) is 45.5 Å². The third kappa shape index (κ3) is 2.47. The van der Waals surface area contributed by atoms with Crippen LogP contribution in [0.15, 0.2) is 12.1 Å². The van der Waals surface area contributed by atoms with Crippen molar-refractivity contribution in [2.75, 3.05) is 0 Å². The van der Waals surface area contributed by atoms with Gasteiger partial charge >= 0.3 is 0 Å². The number of hydrogen-bond donors (Lipinski definition) is 2. The summed E-state index contributed by atoms with van der Waals surface area (Å²) in [7, 11) is 0. The number of rotatable bonds is 3. The van der Waals surface area contributed by atoms with E-state index < -0.39 is 0 Å². The maximum atomic E-state index is 10.7. The highest BCUT2D eigenvalue weighted by molar-refractivity contribution is 5.84. The van der Waals surface area contributed by atoms with Crippen molar-refractivity contribution in [1.29, 1.82) is 0 Å². The van der Waals surface area contributed by atoms with E-state index in [1.54, 1.807) is 0 Å². The van der Waals surface area contributed by atoms with Crippen molar-refractivity contribution >= 4 is 0 Å². The highest BCUT2D eigenvalue weighted by atomic mass is 16.3. The summed E-state index contributed by atoms with van der Waals surface area (Å²) in [5.74, 6) is 0.605. The molecular weight excluding hydrogens is 272 g/mol. The molecule has 0 spiro atoms. The van der Waals surface area contributed by atoms with Gasteiger partial charge in [-0.05, 0) is 73.9 Å². The second-order valence-electron chi connectivity index (χ2n) is 6.11. The molecule has 0 bridgehead atoms. The molecule has 2 aromatic rings. The predicted molar refractivity (Wildman–Crippen MR) is 92.9 cm³/mol. The van der Waals surface area contributed by atoms with Gasteiger partial charge in [0.25, 0.3) is 0 Å². The van der Waals surface area contributed by atoms with Gasteiger partial charge in [0.1, 0.15) is 11.5 Å². The lowest BCUT2D eigenvalue weighted by atomic mass is 9.86. The zero-order valence-corrected chi connectivity index (χ0v) is 14.5. The maximum Gasteiger partial charge on any atom is 0.127 e. The average molecular weight is 298 g/mol. The first-order valence-electron chi connectivity index (χ1n) is 7.97. The van der Waals surface area contributed by atoms with Gasteiger partial charge in [0.05, 0.1) is 0 Å². The Morgan fingerprint density at radius 3 is 1.27 bits per heavy atom. The third-order valence-corrected chi connectivity index (χ3v) is 4.81. The van der Waals surface area contributed by atoms with Gasteiger partial charge in [-0.15, -0.1) is 0 Å². The minimum Gasteiger partial charge on any atom is -0.507 e. The third-order valence-electron chi connectivity index (χ3n) is 4.81. The zero-order valence-electron chi connectivity index (χ0n) is 14.5. The molecule has 0 saturated carbocycles. The summed E-state index contributed by atoms with van der Waals surface area (Å²) in [4.78, 5) is 0. The molecule has 0 radical (unpaired) electrons. The molecule has 0 heterocycles. The molecule has 2 heteroatoms. The molecule has 2 rings (SSSR count). The van der Waals surface area contributed by atoms with E-state index in [0.29, 0.717) is 11.5 Å².